The highest BCUT2D eigenvalue weighted by atomic mass is 35.5. The van der Waals surface area contributed by atoms with Crippen LogP contribution in [0.1, 0.15) is 10.4 Å². The van der Waals surface area contributed by atoms with Crippen molar-refractivity contribution in [2.24, 2.45) is 0 Å². The number of nitrogens with one attached hydrogen (secondary N) is 1. The van der Waals surface area contributed by atoms with Gasteiger partial charge in [0.15, 0.2) is 0 Å². The zero-order chi connectivity index (χ0) is 14.8. The molecule has 0 unspecified atom stereocenters. The third-order valence-corrected chi connectivity index (χ3v) is 3.75. The Morgan fingerprint density at radius 3 is 2.43 bits per heavy atom. The molecule has 0 atom stereocenters. The van der Waals surface area contributed by atoms with Gasteiger partial charge in [-0.3, -0.25) is 4.79 Å². The lowest BCUT2D eigenvalue weighted by molar-refractivity contribution is 0.102. The standard InChI is InChI=1S/C17H11Cl2NO/c18-14-7-8-15(19)16(10-14)20-17(21)13-6-5-11-3-1-2-4-12(11)9-13/h1-10H,(H,20,21). The zero-order valence-electron chi connectivity index (χ0n) is 10.9. The molecule has 0 bridgehead atoms. The number of carbonyl (C=O) groups is 1. The van der Waals surface area contributed by atoms with E-state index in [9.17, 15) is 4.79 Å². The fourth-order valence-electron chi connectivity index (χ4n) is 2.12. The molecule has 0 saturated carbocycles. The Bertz CT molecular complexity index is 830. The molecule has 0 saturated heterocycles. The normalized spacial score (nSPS) is 10.6. The highest BCUT2D eigenvalue weighted by Gasteiger charge is 2.09. The number of hydrogen-bond acceptors (Lipinski definition) is 1. The van der Waals surface area contributed by atoms with Crippen molar-refractivity contribution in [2.45, 2.75) is 0 Å². The fraction of sp³-hybridized carbons (Fsp3) is 0. The molecule has 0 heterocycles. The number of halogens is 2. The van der Waals surface area contributed by atoms with E-state index in [2.05, 4.69) is 5.32 Å². The van der Waals surface area contributed by atoms with Crippen LogP contribution in [0.2, 0.25) is 10.0 Å². The van der Waals surface area contributed by atoms with Gasteiger partial charge in [0.2, 0.25) is 0 Å². The van der Waals surface area contributed by atoms with Gasteiger partial charge in [-0.2, -0.15) is 0 Å². The largest absolute Gasteiger partial charge is 0.321 e. The van der Waals surface area contributed by atoms with Crippen LogP contribution >= 0.6 is 23.2 Å². The molecule has 2 nitrogen and oxygen atoms in total. The second kappa shape index (κ2) is 5.76. The van der Waals surface area contributed by atoms with Crippen LogP contribution in [0.3, 0.4) is 0 Å². The van der Waals surface area contributed by atoms with Crippen molar-refractivity contribution in [3.63, 3.8) is 0 Å². The summed E-state index contributed by atoms with van der Waals surface area (Å²) in [7, 11) is 0. The summed E-state index contributed by atoms with van der Waals surface area (Å²) in [6.45, 7) is 0. The van der Waals surface area contributed by atoms with Crippen molar-refractivity contribution < 1.29 is 4.79 Å². The summed E-state index contributed by atoms with van der Waals surface area (Å²) in [5.41, 5.74) is 1.08. The van der Waals surface area contributed by atoms with Crippen LogP contribution in [0.15, 0.2) is 60.7 Å². The van der Waals surface area contributed by atoms with E-state index < -0.39 is 0 Å². The number of fused-ring (bicyclic) bond motifs is 1. The molecule has 0 aliphatic heterocycles. The Morgan fingerprint density at radius 2 is 1.62 bits per heavy atom. The Labute approximate surface area is 132 Å². The van der Waals surface area contributed by atoms with Crippen LogP contribution in [0.5, 0.6) is 0 Å². The minimum Gasteiger partial charge on any atom is -0.321 e. The Morgan fingerprint density at radius 1 is 0.857 bits per heavy atom. The average Bonchev–Trinajstić information content (AvgIpc) is 2.50. The molecule has 0 aliphatic rings. The molecule has 0 aromatic heterocycles. The SMILES string of the molecule is O=C(Nc1cc(Cl)ccc1Cl)c1ccc2ccccc2c1. The summed E-state index contributed by atoms with van der Waals surface area (Å²) in [6, 6.07) is 18.4. The van der Waals surface area contributed by atoms with Crippen LogP contribution in [0.4, 0.5) is 5.69 Å². The van der Waals surface area contributed by atoms with E-state index in [0.29, 0.717) is 21.3 Å². The fourth-order valence-corrected chi connectivity index (χ4v) is 2.46. The molecular formula is C17H11Cl2NO. The first-order valence-corrected chi connectivity index (χ1v) is 7.14. The van der Waals surface area contributed by atoms with E-state index in [-0.39, 0.29) is 5.91 Å². The predicted molar refractivity (Wildman–Crippen MR) is 88.4 cm³/mol. The van der Waals surface area contributed by atoms with Gasteiger partial charge >= 0.3 is 0 Å². The van der Waals surface area contributed by atoms with Gasteiger partial charge in [-0.15, -0.1) is 0 Å². The summed E-state index contributed by atoms with van der Waals surface area (Å²) in [5, 5.41) is 5.86. The maximum atomic E-state index is 12.3. The zero-order valence-corrected chi connectivity index (χ0v) is 12.4. The molecule has 21 heavy (non-hydrogen) atoms. The molecule has 3 aromatic carbocycles. The van der Waals surface area contributed by atoms with Crippen molar-refractivity contribution in [2.75, 3.05) is 5.32 Å². The summed E-state index contributed by atoms with van der Waals surface area (Å²) in [4.78, 5) is 12.3. The predicted octanol–water partition coefficient (Wildman–Crippen LogP) is 5.40. The summed E-state index contributed by atoms with van der Waals surface area (Å²) < 4.78 is 0. The third-order valence-electron chi connectivity index (χ3n) is 3.19. The molecule has 1 amide bonds. The molecule has 0 aliphatic carbocycles. The molecule has 0 spiro atoms. The van der Waals surface area contributed by atoms with E-state index in [1.807, 2.05) is 36.4 Å². The Kier molecular flexibility index (Phi) is 3.82. The van der Waals surface area contributed by atoms with E-state index in [0.717, 1.165) is 10.8 Å². The molecule has 4 heteroatoms. The lowest BCUT2D eigenvalue weighted by atomic mass is 10.1. The van der Waals surface area contributed by atoms with Gasteiger partial charge in [0.1, 0.15) is 0 Å². The van der Waals surface area contributed by atoms with Crippen LogP contribution in [0, 0.1) is 0 Å². The van der Waals surface area contributed by atoms with Crippen LogP contribution in [0.25, 0.3) is 10.8 Å². The quantitative estimate of drug-likeness (QED) is 0.674. The maximum Gasteiger partial charge on any atom is 0.255 e. The van der Waals surface area contributed by atoms with Crippen molar-refractivity contribution in [3.8, 4) is 0 Å². The van der Waals surface area contributed by atoms with Gasteiger partial charge in [0.25, 0.3) is 5.91 Å². The Balaban J connectivity index is 1.91. The highest BCUT2D eigenvalue weighted by molar-refractivity contribution is 6.35. The first kappa shape index (κ1) is 13.9. The molecule has 3 rings (SSSR count). The lowest BCUT2D eigenvalue weighted by Crippen LogP contribution is -2.12. The first-order chi connectivity index (χ1) is 10.1. The summed E-state index contributed by atoms with van der Waals surface area (Å²) >= 11 is 12.0. The van der Waals surface area contributed by atoms with Crippen molar-refractivity contribution in [1.29, 1.82) is 0 Å². The number of rotatable bonds is 2. The van der Waals surface area contributed by atoms with E-state index >= 15 is 0 Å². The van der Waals surface area contributed by atoms with Gasteiger partial charge in [0, 0.05) is 10.6 Å². The van der Waals surface area contributed by atoms with Crippen molar-refractivity contribution >= 4 is 45.6 Å². The van der Waals surface area contributed by atoms with Crippen molar-refractivity contribution in [3.05, 3.63) is 76.3 Å². The second-order valence-electron chi connectivity index (χ2n) is 4.64. The summed E-state index contributed by atoms with van der Waals surface area (Å²) in [6.07, 6.45) is 0. The highest BCUT2D eigenvalue weighted by Crippen LogP contribution is 2.26. The van der Waals surface area contributed by atoms with Gasteiger partial charge < -0.3 is 5.32 Å². The molecule has 0 radical (unpaired) electrons. The van der Waals surface area contributed by atoms with Crippen LogP contribution in [-0.2, 0) is 0 Å². The number of amides is 1. The van der Waals surface area contributed by atoms with Gasteiger partial charge in [-0.1, -0.05) is 53.5 Å². The Hall–Kier alpha value is -2.03. The number of benzene rings is 3. The lowest BCUT2D eigenvalue weighted by Gasteiger charge is -2.08. The topological polar surface area (TPSA) is 29.1 Å². The monoisotopic (exact) mass is 315 g/mol. The van der Waals surface area contributed by atoms with E-state index in [1.54, 1.807) is 24.3 Å². The molecule has 1 N–H and O–H groups in total. The smallest absolute Gasteiger partial charge is 0.255 e. The molecule has 0 fully saturated rings. The molecule has 3 aromatic rings. The molecular weight excluding hydrogens is 305 g/mol. The van der Waals surface area contributed by atoms with Gasteiger partial charge in [0.05, 0.1) is 10.7 Å². The minimum absolute atomic E-state index is 0.218. The van der Waals surface area contributed by atoms with Crippen LogP contribution < -0.4 is 5.32 Å². The van der Waals surface area contributed by atoms with Gasteiger partial charge in [-0.25, -0.2) is 0 Å². The maximum absolute atomic E-state index is 12.3. The van der Waals surface area contributed by atoms with E-state index in [4.69, 9.17) is 23.2 Å². The van der Waals surface area contributed by atoms with E-state index in [1.165, 1.54) is 0 Å². The second-order valence-corrected chi connectivity index (χ2v) is 5.48. The third kappa shape index (κ3) is 3.02. The van der Waals surface area contributed by atoms with Gasteiger partial charge in [-0.05, 0) is 41.1 Å². The van der Waals surface area contributed by atoms with Crippen LogP contribution in [-0.4, -0.2) is 5.91 Å². The number of anilines is 1. The molecule has 104 valence electrons. The first-order valence-electron chi connectivity index (χ1n) is 6.39. The minimum atomic E-state index is -0.218. The number of hydrogen-bond donors (Lipinski definition) is 1. The average molecular weight is 316 g/mol. The summed E-state index contributed by atoms with van der Waals surface area (Å²) in [5.74, 6) is -0.218. The number of carbonyl (C=O) groups excluding carboxylic acids is 1. The van der Waals surface area contributed by atoms with Crippen molar-refractivity contribution in [1.82, 2.24) is 0 Å².